The van der Waals surface area contributed by atoms with E-state index in [0.29, 0.717) is 12.2 Å². The van der Waals surface area contributed by atoms with E-state index in [4.69, 9.17) is 4.74 Å². The van der Waals surface area contributed by atoms with Gasteiger partial charge in [-0.1, -0.05) is 133 Å². The van der Waals surface area contributed by atoms with E-state index in [1.54, 1.807) is 0 Å². The molecule has 2 nitrogen and oxygen atoms in total. The zero-order chi connectivity index (χ0) is 26.7. The molecule has 0 saturated heterocycles. The normalized spacial score (nSPS) is 11.5. The number of unbranched alkanes of at least 4 members (excludes halogenated alkanes) is 15. The molecule has 0 atom stereocenters. The summed E-state index contributed by atoms with van der Waals surface area (Å²) in [5.74, 6) is 0.617. The van der Waals surface area contributed by atoms with Gasteiger partial charge in [-0.3, -0.25) is 4.79 Å². The molecule has 37 heavy (non-hydrogen) atoms. The fourth-order valence-corrected chi connectivity index (χ4v) is 4.58. The van der Waals surface area contributed by atoms with Crippen LogP contribution in [0.15, 0.2) is 61.2 Å². The number of allylic oxidation sites excluding steroid dienone is 5. The molecule has 0 bridgehead atoms. The maximum Gasteiger partial charge on any atom is 0.311 e. The van der Waals surface area contributed by atoms with Crippen LogP contribution in [0, 0.1) is 0 Å². The summed E-state index contributed by atoms with van der Waals surface area (Å²) in [5.41, 5.74) is 1.27. The van der Waals surface area contributed by atoms with Crippen molar-refractivity contribution in [3.8, 4) is 5.75 Å². The highest BCUT2D eigenvalue weighted by Gasteiger charge is 2.06. The summed E-state index contributed by atoms with van der Waals surface area (Å²) in [6.45, 7) is 5.99. The Kier molecular flexibility index (Phi) is 22.7. The van der Waals surface area contributed by atoms with Crippen molar-refractivity contribution in [1.82, 2.24) is 0 Å². The van der Waals surface area contributed by atoms with Crippen molar-refractivity contribution >= 4 is 5.97 Å². The monoisotopic (exact) mass is 508 g/mol. The summed E-state index contributed by atoms with van der Waals surface area (Å²) in [6, 6.07) is 8.12. The lowest BCUT2D eigenvalue weighted by molar-refractivity contribution is -0.134. The van der Waals surface area contributed by atoms with Crippen LogP contribution in [0.5, 0.6) is 5.75 Å². The third-order valence-electron chi connectivity index (χ3n) is 6.86. The largest absolute Gasteiger partial charge is 0.427 e. The zero-order valence-electron chi connectivity index (χ0n) is 24.1. The van der Waals surface area contributed by atoms with E-state index >= 15 is 0 Å². The van der Waals surface area contributed by atoms with E-state index in [-0.39, 0.29) is 5.97 Å². The average molecular weight is 509 g/mol. The van der Waals surface area contributed by atoms with Crippen molar-refractivity contribution in [2.75, 3.05) is 0 Å². The van der Waals surface area contributed by atoms with Gasteiger partial charge in [0.2, 0.25) is 0 Å². The van der Waals surface area contributed by atoms with Crippen molar-refractivity contribution in [2.45, 2.75) is 142 Å². The molecule has 0 saturated carbocycles. The van der Waals surface area contributed by atoms with E-state index in [9.17, 15) is 4.79 Å². The van der Waals surface area contributed by atoms with Crippen LogP contribution in [0.1, 0.15) is 141 Å². The second-order valence-electron chi connectivity index (χ2n) is 10.4. The van der Waals surface area contributed by atoms with Gasteiger partial charge in [0.1, 0.15) is 5.75 Å². The van der Waals surface area contributed by atoms with Crippen molar-refractivity contribution in [3.05, 3.63) is 66.8 Å². The van der Waals surface area contributed by atoms with E-state index < -0.39 is 0 Å². The Hall–Kier alpha value is -2.09. The van der Waals surface area contributed by atoms with Gasteiger partial charge in [0.15, 0.2) is 0 Å². The summed E-state index contributed by atoms with van der Waals surface area (Å²) in [5, 5.41) is 0. The number of rotatable bonds is 25. The summed E-state index contributed by atoms with van der Waals surface area (Å²) in [7, 11) is 0. The first-order valence-electron chi connectivity index (χ1n) is 15.5. The fourth-order valence-electron chi connectivity index (χ4n) is 4.58. The van der Waals surface area contributed by atoms with Gasteiger partial charge < -0.3 is 4.74 Å². The number of aryl methyl sites for hydroxylation is 1. The van der Waals surface area contributed by atoms with Gasteiger partial charge in [-0.25, -0.2) is 0 Å². The summed E-state index contributed by atoms with van der Waals surface area (Å²) < 4.78 is 5.61. The quantitative estimate of drug-likeness (QED) is 0.0568. The Balaban J connectivity index is 2.02. The Morgan fingerprint density at radius 1 is 0.730 bits per heavy atom. The second-order valence-corrected chi connectivity index (χ2v) is 10.4. The minimum absolute atomic E-state index is 0.0880. The highest BCUT2D eigenvalue weighted by atomic mass is 16.5. The summed E-state index contributed by atoms with van der Waals surface area (Å²) in [6.07, 6.45) is 36.2. The number of carbonyl (C=O) groups is 1. The first kappa shape index (κ1) is 32.9. The molecule has 0 N–H and O–H groups in total. The van der Waals surface area contributed by atoms with Gasteiger partial charge in [0, 0.05) is 6.42 Å². The predicted molar refractivity (Wildman–Crippen MR) is 162 cm³/mol. The maximum atomic E-state index is 12.2. The topological polar surface area (TPSA) is 26.3 Å². The average Bonchev–Trinajstić information content (AvgIpc) is 2.90. The third-order valence-corrected chi connectivity index (χ3v) is 6.86. The molecule has 0 aromatic heterocycles. The van der Waals surface area contributed by atoms with Crippen LogP contribution in [0.3, 0.4) is 0 Å². The van der Waals surface area contributed by atoms with Crippen molar-refractivity contribution in [1.29, 1.82) is 0 Å². The molecule has 0 aliphatic heterocycles. The Labute approximate surface area is 229 Å². The predicted octanol–water partition coefficient (Wildman–Crippen LogP) is 11.3. The van der Waals surface area contributed by atoms with Gasteiger partial charge in [-0.2, -0.15) is 0 Å². The van der Waals surface area contributed by atoms with Crippen molar-refractivity contribution < 1.29 is 9.53 Å². The van der Waals surface area contributed by atoms with Gasteiger partial charge in [-0.15, -0.1) is 6.58 Å². The zero-order valence-corrected chi connectivity index (χ0v) is 24.1. The van der Waals surface area contributed by atoms with Gasteiger partial charge in [0.25, 0.3) is 0 Å². The van der Waals surface area contributed by atoms with Crippen LogP contribution in [0.25, 0.3) is 0 Å². The maximum absolute atomic E-state index is 12.2. The summed E-state index contributed by atoms with van der Waals surface area (Å²) in [4.78, 5) is 12.2. The summed E-state index contributed by atoms with van der Waals surface area (Å²) >= 11 is 0. The van der Waals surface area contributed by atoms with Gasteiger partial charge in [-0.05, 0) is 62.6 Å². The Morgan fingerprint density at radius 2 is 1.32 bits per heavy atom. The molecule has 208 valence electrons. The van der Waals surface area contributed by atoms with Crippen LogP contribution in [0.2, 0.25) is 0 Å². The van der Waals surface area contributed by atoms with E-state index in [2.05, 4.69) is 43.9 Å². The highest BCUT2D eigenvalue weighted by Crippen LogP contribution is 2.18. The number of hydrogen-bond donors (Lipinski definition) is 0. The molecule has 0 amide bonds. The molecular formula is C35H56O2. The minimum atomic E-state index is -0.0880. The molecule has 1 aromatic carbocycles. The number of esters is 1. The smallest absolute Gasteiger partial charge is 0.311 e. The van der Waals surface area contributed by atoms with E-state index in [1.807, 2.05) is 24.3 Å². The van der Waals surface area contributed by atoms with Crippen LogP contribution in [-0.4, -0.2) is 5.97 Å². The van der Waals surface area contributed by atoms with Crippen LogP contribution < -0.4 is 4.74 Å². The van der Waals surface area contributed by atoms with E-state index in [0.717, 1.165) is 32.1 Å². The first-order chi connectivity index (χ1) is 18.3. The van der Waals surface area contributed by atoms with Crippen molar-refractivity contribution in [3.63, 3.8) is 0 Å². The highest BCUT2D eigenvalue weighted by molar-refractivity contribution is 5.72. The SMILES string of the molecule is C=CC/C=C\C/C=C\CCCCCCCc1cccc(OC(=O)CCCCCCCCCCCCC)c1. The van der Waals surface area contributed by atoms with Crippen LogP contribution in [-0.2, 0) is 11.2 Å². The molecule has 0 aliphatic carbocycles. The molecule has 0 unspecified atom stereocenters. The lowest BCUT2D eigenvalue weighted by Gasteiger charge is -2.07. The Bertz CT molecular complexity index is 731. The molecule has 1 aromatic rings. The number of carbonyl (C=O) groups excluding carboxylic acids is 1. The van der Waals surface area contributed by atoms with Crippen molar-refractivity contribution in [2.24, 2.45) is 0 Å². The second kappa shape index (κ2) is 25.6. The standard InChI is InChI=1S/C35H56O2/c1-3-5-7-9-11-13-15-16-18-19-21-23-25-28-33-29-27-30-34(32-33)37-35(36)31-26-24-22-20-17-14-12-10-8-6-4-2/h3,7,9,13,15,27,29-30,32H,1,4-6,8,10-12,14,16-26,28,31H2,2H3/b9-7-,15-13-. The first-order valence-corrected chi connectivity index (χ1v) is 15.5. The molecule has 0 radical (unpaired) electrons. The molecule has 2 heteroatoms. The minimum Gasteiger partial charge on any atom is -0.427 e. The lowest BCUT2D eigenvalue weighted by atomic mass is 10.0. The molecular weight excluding hydrogens is 452 g/mol. The molecule has 0 spiro atoms. The Morgan fingerprint density at radius 3 is 2.03 bits per heavy atom. The van der Waals surface area contributed by atoms with Crippen LogP contribution in [0.4, 0.5) is 0 Å². The number of hydrogen-bond acceptors (Lipinski definition) is 2. The van der Waals surface area contributed by atoms with Crippen LogP contribution >= 0.6 is 0 Å². The third kappa shape index (κ3) is 21.7. The van der Waals surface area contributed by atoms with E-state index in [1.165, 1.54) is 102 Å². The number of benzene rings is 1. The number of ether oxygens (including phenoxy) is 1. The molecule has 0 aliphatic rings. The fraction of sp³-hybridized carbons (Fsp3) is 0.629. The molecule has 0 heterocycles. The van der Waals surface area contributed by atoms with Gasteiger partial charge in [0.05, 0.1) is 0 Å². The lowest BCUT2D eigenvalue weighted by Crippen LogP contribution is -2.07. The molecule has 1 rings (SSSR count). The molecule has 0 fully saturated rings. The van der Waals surface area contributed by atoms with Gasteiger partial charge >= 0.3 is 5.97 Å².